The van der Waals surface area contributed by atoms with Gasteiger partial charge in [-0.25, -0.2) is 4.99 Å². The van der Waals surface area contributed by atoms with Gasteiger partial charge in [0.05, 0.1) is 6.42 Å². The molecule has 0 unspecified atom stereocenters. The fourth-order valence-electron chi connectivity index (χ4n) is 3.45. The molecule has 2 N–H and O–H groups in total. The van der Waals surface area contributed by atoms with Gasteiger partial charge in [-0.2, -0.15) is 0 Å². The Hall–Kier alpha value is -3.35. The molecule has 0 spiro atoms. The fraction of sp³-hybridized carbons (Fsp3) is 0.286. The van der Waals surface area contributed by atoms with Gasteiger partial charge in [0.25, 0.3) is 0 Å². The standard InChI is InChI=1S/C21H23N5O2/c27-19-15-18(20(28)22-16-7-3-1-4-8-16)23-21(24-19)26-13-11-25(12-14-26)17-9-5-2-6-10-17/h1-10,18H,11-15H2,(H,22,28)(H,23,24,27)/t18-/m0/s1. The van der Waals surface area contributed by atoms with Gasteiger partial charge in [-0.3, -0.25) is 14.9 Å². The molecule has 1 saturated heterocycles. The largest absolute Gasteiger partial charge is 0.368 e. The Labute approximate surface area is 164 Å². The lowest BCUT2D eigenvalue weighted by Crippen LogP contribution is -2.56. The number of carbonyl (C=O) groups is 2. The van der Waals surface area contributed by atoms with Gasteiger partial charge in [0.2, 0.25) is 17.8 Å². The van der Waals surface area contributed by atoms with Crippen molar-refractivity contribution in [1.82, 2.24) is 10.2 Å². The van der Waals surface area contributed by atoms with Crippen molar-refractivity contribution >= 4 is 29.1 Å². The Balaban J connectivity index is 1.41. The zero-order chi connectivity index (χ0) is 19.3. The van der Waals surface area contributed by atoms with Crippen LogP contribution in [0, 0.1) is 0 Å². The second kappa shape index (κ2) is 8.12. The highest BCUT2D eigenvalue weighted by molar-refractivity contribution is 6.06. The molecule has 2 aromatic rings. The molecule has 0 aliphatic carbocycles. The molecule has 0 radical (unpaired) electrons. The SMILES string of the molecule is O=C1C[C@@H](C(=O)Nc2ccccc2)N=C(N2CCN(c3ccccc3)CC2)N1. The van der Waals surface area contributed by atoms with Gasteiger partial charge in [-0.05, 0) is 24.3 Å². The van der Waals surface area contributed by atoms with E-state index in [-0.39, 0.29) is 18.2 Å². The Morgan fingerprint density at radius 1 is 0.929 bits per heavy atom. The van der Waals surface area contributed by atoms with E-state index in [9.17, 15) is 9.59 Å². The molecule has 2 heterocycles. The van der Waals surface area contributed by atoms with Gasteiger partial charge in [0.15, 0.2) is 0 Å². The topological polar surface area (TPSA) is 77.0 Å². The number of rotatable bonds is 3. The van der Waals surface area contributed by atoms with E-state index in [1.807, 2.05) is 53.4 Å². The maximum absolute atomic E-state index is 12.6. The number of hydrogen-bond acceptors (Lipinski definition) is 5. The Morgan fingerprint density at radius 3 is 2.21 bits per heavy atom. The number of nitrogens with zero attached hydrogens (tertiary/aromatic N) is 3. The molecule has 1 fully saturated rings. The Morgan fingerprint density at radius 2 is 1.54 bits per heavy atom. The molecular formula is C21H23N5O2. The van der Waals surface area contributed by atoms with Crippen LogP contribution in [0.2, 0.25) is 0 Å². The number of piperazine rings is 1. The summed E-state index contributed by atoms with van der Waals surface area (Å²) in [6.07, 6.45) is 0.0617. The third kappa shape index (κ3) is 4.14. The number of amides is 2. The van der Waals surface area contributed by atoms with Gasteiger partial charge in [-0.1, -0.05) is 36.4 Å². The number of guanidine groups is 1. The number of hydrogen-bond donors (Lipinski definition) is 2. The van der Waals surface area contributed by atoms with Gasteiger partial charge in [-0.15, -0.1) is 0 Å². The molecule has 4 rings (SSSR count). The van der Waals surface area contributed by atoms with Crippen molar-refractivity contribution < 1.29 is 9.59 Å². The second-order valence-corrected chi connectivity index (χ2v) is 6.89. The zero-order valence-corrected chi connectivity index (χ0v) is 15.5. The molecule has 7 heteroatoms. The van der Waals surface area contributed by atoms with Gasteiger partial charge in [0, 0.05) is 37.6 Å². The summed E-state index contributed by atoms with van der Waals surface area (Å²) >= 11 is 0. The van der Waals surface area contributed by atoms with E-state index in [0.717, 1.165) is 26.2 Å². The van der Waals surface area contributed by atoms with E-state index in [0.29, 0.717) is 11.6 Å². The number of benzene rings is 2. The fourth-order valence-corrected chi connectivity index (χ4v) is 3.45. The predicted molar refractivity (Wildman–Crippen MR) is 109 cm³/mol. The quantitative estimate of drug-likeness (QED) is 0.854. The molecule has 144 valence electrons. The van der Waals surface area contributed by atoms with Crippen molar-refractivity contribution in [3.8, 4) is 0 Å². The summed E-state index contributed by atoms with van der Waals surface area (Å²) in [5, 5.41) is 5.66. The summed E-state index contributed by atoms with van der Waals surface area (Å²) in [5.41, 5.74) is 1.89. The first-order valence-electron chi connectivity index (χ1n) is 9.47. The van der Waals surface area contributed by atoms with Crippen LogP contribution < -0.4 is 15.5 Å². The van der Waals surface area contributed by atoms with E-state index in [2.05, 4.69) is 32.7 Å². The Bertz CT molecular complexity index is 861. The molecular weight excluding hydrogens is 354 g/mol. The molecule has 28 heavy (non-hydrogen) atoms. The first kappa shape index (κ1) is 18.0. The third-order valence-corrected chi connectivity index (χ3v) is 4.95. The van der Waals surface area contributed by atoms with Crippen LogP contribution in [0.1, 0.15) is 6.42 Å². The number of para-hydroxylation sites is 2. The minimum absolute atomic E-state index is 0.0617. The van der Waals surface area contributed by atoms with Crippen molar-refractivity contribution in [2.45, 2.75) is 12.5 Å². The molecule has 2 amide bonds. The first-order chi connectivity index (χ1) is 13.7. The van der Waals surface area contributed by atoms with Crippen molar-refractivity contribution in [2.24, 2.45) is 4.99 Å². The van der Waals surface area contributed by atoms with E-state index in [1.54, 1.807) is 0 Å². The molecule has 1 atom stereocenters. The molecule has 0 bridgehead atoms. The minimum Gasteiger partial charge on any atom is -0.368 e. The summed E-state index contributed by atoms with van der Waals surface area (Å²) in [6, 6.07) is 18.8. The molecule has 2 aliphatic heterocycles. The summed E-state index contributed by atoms with van der Waals surface area (Å²) < 4.78 is 0. The lowest BCUT2D eigenvalue weighted by atomic mass is 10.1. The van der Waals surface area contributed by atoms with E-state index in [1.165, 1.54) is 5.69 Å². The maximum Gasteiger partial charge on any atom is 0.249 e. The summed E-state index contributed by atoms with van der Waals surface area (Å²) in [6.45, 7) is 3.14. The van der Waals surface area contributed by atoms with E-state index < -0.39 is 6.04 Å². The zero-order valence-electron chi connectivity index (χ0n) is 15.5. The molecule has 7 nitrogen and oxygen atoms in total. The van der Waals surface area contributed by atoms with E-state index >= 15 is 0 Å². The van der Waals surface area contributed by atoms with Crippen LogP contribution in [0.25, 0.3) is 0 Å². The van der Waals surface area contributed by atoms with Crippen LogP contribution in [0.4, 0.5) is 11.4 Å². The number of carbonyl (C=O) groups excluding carboxylic acids is 2. The van der Waals surface area contributed by atoms with Crippen molar-refractivity contribution in [3.63, 3.8) is 0 Å². The molecule has 2 aliphatic rings. The lowest BCUT2D eigenvalue weighted by molar-refractivity contribution is -0.125. The molecule has 0 saturated carbocycles. The van der Waals surface area contributed by atoms with Crippen LogP contribution in [0.3, 0.4) is 0 Å². The van der Waals surface area contributed by atoms with Crippen molar-refractivity contribution in [3.05, 3.63) is 60.7 Å². The monoisotopic (exact) mass is 377 g/mol. The second-order valence-electron chi connectivity index (χ2n) is 6.89. The van der Waals surface area contributed by atoms with Crippen molar-refractivity contribution in [1.29, 1.82) is 0 Å². The van der Waals surface area contributed by atoms with Crippen LogP contribution in [-0.2, 0) is 9.59 Å². The Kier molecular flexibility index (Phi) is 5.23. The average Bonchev–Trinajstić information content (AvgIpc) is 2.75. The molecule has 2 aromatic carbocycles. The highest BCUT2D eigenvalue weighted by Gasteiger charge is 2.30. The van der Waals surface area contributed by atoms with E-state index in [4.69, 9.17) is 0 Å². The minimum atomic E-state index is -0.712. The smallest absolute Gasteiger partial charge is 0.249 e. The number of anilines is 2. The number of nitrogens with one attached hydrogen (secondary N) is 2. The van der Waals surface area contributed by atoms with Crippen LogP contribution in [0.5, 0.6) is 0 Å². The van der Waals surface area contributed by atoms with Crippen molar-refractivity contribution in [2.75, 3.05) is 36.4 Å². The van der Waals surface area contributed by atoms with Gasteiger partial charge < -0.3 is 15.1 Å². The van der Waals surface area contributed by atoms with Crippen LogP contribution in [-0.4, -0.2) is 54.9 Å². The number of aliphatic imine (C=N–C) groups is 1. The van der Waals surface area contributed by atoms with Gasteiger partial charge in [0.1, 0.15) is 6.04 Å². The average molecular weight is 377 g/mol. The lowest BCUT2D eigenvalue weighted by Gasteiger charge is -2.38. The summed E-state index contributed by atoms with van der Waals surface area (Å²) in [4.78, 5) is 33.6. The van der Waals surface area contributed by atoms with Gasteiger partial charge >= 0.3 is 0 Å². The predicted octanol–water partition coefficient (Wildman–Crippen LogP) is 1.69. The first-order valence-corrected chi connectivity index (χ1v) is 9.47. The normalized spacial score (nSPS) is 19.6. The summed E-state index contributed by atoms with van der Waals surface area (Å²) in [7, 11) is 0. The summed E-state index contributed by atoms with van der Waals surface area (Å²) in [5.74, 6) is 0.0577. The van der Waals surface area contributed by atoms with Crippen LogP contribution >= 0.6 is 0 Å². The highest BCUT2D eigenvalue weighted by Crippen LogP contribution is 2.17. The highest BCUT2D eigenvalue weighted by atomic mass is 16.2. The maximum atomic E-state index is 12.6. The molecule has 0 aromatic heterocycles. The van der Waals surface area contributed by atoms with Crippen LogP contribution in [0.15, 0.2) is 65.7 Å². The third-order valence-electron chi connectivity index (χ3n) is 4.95.